The number of carbonyl (C=O) groups is 2. The maximum absolute atomic E-state index is 11.7. The molecule has 1 heterocycles. The van der Waals surface area contributed by atoms with E-state index in [-0.39, 0.29) is 6.61 Å². The van der Waals surface area contributed by atoms with Crippen LogP contribution in [0.4, 0.5) is 5.69 Å². The molecule has 0 bridgehead atoms. The van der Waals surface area contributed by atoms with Gasteiger partial charge in [0.1, 0.15) is 4.88 Å². The Labute approximate surface area is 131 Å². The molecule has 21 heavy (non-hydrogen) atoms. The van der Waals surface area contributed by atoms with Crippen LogP contribution in [0.3, 0.4) is 0 Å². The fourth-order valence-electron chi connectivity index (χ4n) is 1.61. The van der Waals surface area contributed by atoms with Crippen molar-refractivity contribution < 1.29 is 14.3 Å². The van der Waals surface area contributed by atoms with Gasteiger partial charge in [-0.25, -0.2) is 4.79 Å². The molecular weight excluding hydrogens is 310 g/mol. The van der Waals surface area contributed by atoms with Crippen LogP contribution >= 0.6 is 22.9 Å². The average molecular weight is 324 g/mol. The first-order valence-corrected chi connectivity index (χ1v) is 7.45. The van der Waals surface area contributed by atoms with Crippen LogP contribution in [0.15, 0.2) is 30.3 Å². The second-order valence-corrected chi connectivity index (χ2v) is 6.19. The van der Waals surface area contributed by atoms with Crippen molar-refractivity contribution in [2.45, 2.75) is 13.8 Å². The monoisotopic (exact) mass is 323 g/mol. The highest BCUT2D eigenvalue weighted by Crippen LogP contribution is 2.20. The zero-order chi connectivity index (χ0) is 15.4. The number of anilines is 1. The Kier molecular flexibility index (Phi) is 4.98. The molecule has 6 heteroatoms. The van der Waals surface area contributed by atoms with E-state index in [1.165, 1.54) is 11.3 Å². The molecule has 0 unspecified atom stereocenters. The number of hydrogen-bond donors (Lipinski definition) is 1. The van der Waals surface area contributed by atoms with Crippen molar-refractivity contribution >= 4 is 40.5 Å². The summed E-state index contributed by atoms with van der Waals surface area (Å²) in [5, 5.41) is 3.19. The van der Waals surface area contributed by atoms with Gasteiger partial charge in [0.15, 0.2) is 6.61 Å². The van der Waals surface area contributed by atoms with Gasteiger partial charge >= 0.3 is 5.97 Å². The molecule has 0 aliphatic heterocycles. The molecule has 0 spiro atoms. The van der Waals surface area contributed by atoms with Crippen LogP contribution in [0.5, 0.6) is 0 Å². The fourth-order valence-corrected chi connectivity index (χ4v) is 2.56. The minimum absolute atomic E-state index is 0.332. The van der Waals surface area contributed by atoms with Gasteiger partial charge in [-0.2, -0.15) is 0 Å². The highest BCUT2D eigenvalue weighted by atomic mass is 35.5. The molecule has 0 atom stereocenters. The van der Waals surface area contributed by atoms with Crippen LogP contribution in [0.2, 0.25) is 5.02 Å². The number of carbonyl (C=O) groups excluding carboxylic acids is 2. The Morgan fingerprint density at radius 2 is 2.00 bits per heavy atom. The predicted octanol–water partition coefficient (Wildman–Crippen LogP) is 3.81. The summed E-state index contributed by atoms with van der Waals surface area (Å²) in [7, 11) is 0. The van der Waals surface area contributed by atoms with Crippen LogP contribution in [-0.4, -0.2) is 18.5 Å². The summed E-state index contributed by atoms with van der Waals surface area (Å²) in [4.78, 5) is 24.9. The maximum Gasteiger partial charge on any atom is 0.348 e. The fraction of sp³-hybridized carbons (Fsp3) is 0.200. The van der Waals surface area contributed by atoms with Gasteiger partial charge in [-0.3, -0.25) is 4.79 Å². The lowest BCUT2D eigenvalue weighted by molar-refractivity contribution is -0.119. The first-order chi connectivity index (χ1) is 9.95. The van der Waals surface area contributed by atoms with Gasteiger partial charge in [-0.1, -0.05) is 17.7 Å². The van der Waals surface area contributed by atoms with Gasteiger partial charge < -0.3 is 10.1 Å². The van der Waals surface area contributed by atoms with Crippen LogP contribution in [0, 0.1) is 13.8 Å². The van der Waals surface area contributed by atoms with E-state index in [9.17, 15) is 9.59 Å². The average Bonchev–Trinajstić information content (AvgIpc) is 2.87. The Bertz CT molecular complexity index is 681. The molecule has 2 rings (SSSR count). The molecule has 0 radical (unpaired) electrons. The lowest BCUT2D eigenvalue weighted by Gasteiger charge is -2.07. The van der Waals surface area contributed by atoms with Gasteiger partial charge in [0, 0.05) is 15.6 Å². The van der Waals surface area contributed by atoms with E-state index in [2.05, 4.69) is 5.32 Å². The Morgan fingerprint density at radius 1 is 1.24 bits per heavy atom. The van der Waals surface area contributed by atoms with E-state index in [1.807, 2.05) is 19.9 Å². The summed E-state index contributed by atoms with van der Waals surface area (Å²) in [6.45, 7) is 3.44. The standard InChI is InChI=1S/C15H14ClNO3S/c1-9-3-5-11(7-12(9)16)17-14(18)8-20-15(19)13-6-4-10(2)21-13/h3-7H,8H2,1-2H3,(H,17,18). The van der Waals surface area contributed by atoms with Crippen LogP contribution in [0.25, 0.3) is 0 Å². The molecule has 4 nitrogen and oxygen atoms in total. The minimum Gasteiger partial charge on any atom is -0.451 e. The van der Waals surface area contributed by atoms with Crippen molar-refractivity contribution in [2.75, 3.05) is 11.9 Å². The van der Waals surface area contributed by atoms with Crippen molar-refractivity contribution in [1.82, 2.24) is 0 Å². The number of rotatable bonds is 4. The molecule has 1 amide bonds. The SMILES string of the molecule is Cc1ccc(C(=O)OCC(=O)Nc2ccc(C)c(Cl)c2)s1. The number of benzene rings is 1. The molecule has 0 fully saturated rings. The highest BCUT2D eigenvalue weighted by molar-refractivity contribution is 7.13. The summed E-state index contributed by atoms with van der Waals surface area (Å²) in [6.07, 6.45) is 0. The minimum atomic E-state index is -0.495. The molecule has 1 aromatic carbocycles. The number of esters is 1. The van der Waals surface area contributed by atoms with E-state index in [1.54, 1.807) is 24.3 Å². The number of aryl methyl sites for hydroxylation is 2. The summed E-state index contributed by atoms with van der Waals surface area (Å²) in [5.74, 6) is -0.901. The Balaban J connectivity index is 1.87. The molecular formula is C15H14ClNO3S. The van der Waals surface area contributed by atoms with Crippen LogP contribution in [-0.2, 0) is 9.53 Å². The Morgan fingerprint density at radius 3 is 2.62 bits per heavy atom. The molecule has 0 saturated heterocycles. The third-order valence-electron chi connectivity index (χ3n) is 2.73. The van der Waals surface area contributed by atoms with Gasteiger partial charge in [-0.15, -0.1) is 11.3 Å². The van der Waals surface area contributed by atoms with Gasteiger partial charge in [0.25, 0.3) is 5.91 Å². The van der Waals surface area contributed by atoms with E-state index < -0.39 is 11.9 Å². The first-order valence-electron chi connectivity index (χ1n) is 6.25. The van der Waals surface area contributed by atoms with Gasteiger partial charge in [-0.05, 0) is 43.7 Å². The van der Waals surface area contributed by atoms with Crippen LogP contribution < -0.4 is 5.32 Å². The molecule has 2 aromatic rings. The van der Waals surface area contributed by atoms with Crippen molar-refractivity contribution in [3.05, 3.63) is 50.7 Å². The largest absolute Gasteiger partial charge is 0.451 e. The lowest BCUT2D eigenvalue weighted by atomic mass is 10.2. The zero-order valence-electron chi connectivity index (χ0n) is 11.6. The second kappa shape index (κ2) is 6.74. The Hall–Kier alpha value is -1.85. The smallest absolute Gasteiger partial charge is 0.348 e. The highest BCUT2D eigenvalue weighted by Gasteiger charge is 2.12. The quantitative estimate of drug-likeness (QED) is 0.870. The number of nitrogens with one attached hydrogen (secondary N) is 1. The molecule has 0 aliphatic rings. The number of hydrogen-bond acceptors (Lipinski definition) is 4. The predicted molar refractivity (Wildman–Crippen MR) is 84.2 cm³/mol. The van der Waals surface area contributed by atoms with Crippen LogP contribution in [0.1, 0.15) is 20.1 Å². The van der Waals surface area contributed by atoms with E-state index in [4.69, 9.17) is 16.3 Å². The van der Waals surface area contributed by atoms with Gasteiger partial charge in [0.05, 0.1) is 0 Å². The van der Waals surface area contributed by atoms with Crippen molar-refractivity contribution in [3.8, 4) is 0 Å². The molecule has 0 aliphatic carbocycles. The van der Waals surface area contributed by atoms with E-state index in [0.29, 0.717) is 15.6 Å². The third kappa shape index (κ3) is 4.31. The number of amides is 1. The normalized spacial score (nSPS) is 10.2. The summed E-state index contributed by atoms with van der Waals surface area (Å²) < 4.78 is 4.96. The first kappa shape index (κ1) is 15.5. The topological polar surface area (TPSA) is 55.4 Å². The van der Waals surface area contributed by atoms with E-state index >= 15 is 0 Å². The summed E-state index contributed by atoms with van der Waals surface area (Å²) >= 11 is 7.30. The lowest BCUT2D eigenvalue weighted by Crippen LogP contribution is -2.20. The third-order valence-corrected chi connectivity index (χ3v) is 4.12. The van der Waals surface area contributed by atoms with Crippen molar-refractivity contribution in [1.29, 1.82) is 0 Å². The number of thiophene rings is 1. The van der Waals surface area contributed by atoms with Gasteiger partial charge in [0.2, 0.25) is 0 Å². The van der Waals surface area contributed by atoms with Crippen molar-refractivity contribution in [3.63, 3.8) is 0 Å². The summed E-state index contributed by atoms with van der Waals surface area (Å²) in [6, 6.07) is 8.71. The maximum atomic E-state index is 11.7. The molecule has 110 valence electrons. The molecule has 0 saturated carbocycles. The van der Waals surface area contributed by atoms with E-state index in [0.717, 1.165) is 10.4 Å². The zero-order valence-corrected chi connectivity index (χ0v) is 13.2. The number of ether oxygens (including phenoxy) is 1. The molecule has 1 aromatic heterocycles. The van der Waals surface area contributed by atoms with Crippen molar-refractivity contribution in [2.24, 2.45) is 0 Å². The summed E-state index contributed by atoms with van der Waals surface area (Å²) in [5.41, 5.74) is 1.49. The second-order valence-electron chi connectivity index (χ2n) is 4.50. The molecule has 1 N–H and O–H groups in total. The number of halogens is 1.